The third-order valence-corrected chi connectivity index (χ3v) is 19.4. The number of hydrogen-bond donors (Lipinski definition) is 1. The Bertz CT molecular complexity index is 3820. The molecule has 6 aromatic rings. The van der Waals surface area contributed by atoms with Crippen molar-refractivity contribution in [2.75, 3.05) is 78.9 Å². The number of fused-ring (bicyclic) bond motifs is 3. The molecule has 3 unspecified atom stereocenters. The molecule has 8 aliphatic rings. The normalized spacial score (nSPS) is 19.3. The average molecular weight is 1580 g/mol. The molecule has 5 saturated heterocycles. The van der Waals surface area contributed by atoms with Gasteiger partial charge in [0.15, 0.2) is 5.78 Å². The van der Waals surface area contributed by atoms with E-state index in [9.17, 15) is 43.2 Å². The van der Waals surface area contributed by atoms with E-state index in [1.54, 1.807) is 46.2 Å². The van der Waals surface area contributed by atoms with E-state index in [1.165, 1.54) is 35.4 Å². The fourth-order valence-electron chi connectivity index (χ4n) is 13.7. The molecule has 5 fully saturated rings. The van der Waals surface area contributed by atoms with Crippen LogP contribution in [0.2, 0.25) is 0 Å². The van der Waals surface area contributed by atoms with Crippen LogP contribution >= 0.6 is 24.0 Å². The molecule has 7 amide bonds. The first-order chi connectivity index (χ1) is 48.6. The minimum Gasteiger partial charge on any atom is -0.594 e. The number of nitrogens with zero attached hydrogens (tertiary/aromatic N) is 7. The Balaban J connectivity index is 0.000000163. The summed E-state index contributed by atoms with van der Waals surface area (Å²) < 4.78 is 34.5. The number of halogens is 1. The van der Waals surface area contributed by atoms with Gasteiger partial charge in [-0.05, 0) is 109 Å². The van der Waals surface area contributed by atoms with E-state index in [0.717, 1.165) is 132 Å². The predicted octanol–water partition coefficient (Wildman–Crippen LogP) is 8.50. The molecule has 6 aromatic carbocycles. The second-order valence-electron chi connectivity index (χ2n) is 26.4. The van der Waals surface area contributed by atoms with Crippen LogP contribution in [0.25, 0.3) is 5.32 Å². The predicted molar refractivity (Wildman–Crippen MR) is 382 cm³/mol. The number of ketones is 2. The van der Waals surface area contributed by atoms with E-state index in [0.29, 0.717) is 86.1 Å². The van der Waals surface area contributed by atoms with E-state index >= 15 is 0 Å². The van der Waals surface area contributed by atoms with Crippen LogP contribution in [-0.4, -0.2) is 179 Å². The van der Waals surface area contributed by atoms with Crippen molar-refractivity contribution in [1.29, 1.82) is 0 Å². The maximum atomic E-state index is 13.0. The van der Waals surface area contributed by atoms with Gasteiger partial charge >= 0.3 is 0 Å². The molecule has 14 rings (SSSR count). The van der Waals surface area contributed by atoms with Gasteiger partial charge < -0.3 is 62.8 Å². The Morgan fingerprint density at radius 1 is 0.490 bits per heavy atom. The van der Waals surface area contributed by atoms with Gasteiger partial charge in [0.05, 0.1) is 83.2 Å². The number of amides is 7. The Kier molecular flexibility index (Phi) is 27.7. The number of nitrogens with one attached hydrogen (secondary N) is 1. The van der Waals surface area contributed by atoms with Crippen molar-refractivity contribution in [3.8, 4) is 17.2 Å². The minimum atomic E-state index is -0.686. The first-order valence-corrected chi connectivity index (χ1v) is 34.5. The summed E-state index contributed by atoms with van der Waals surface area (Å²) in [5, 5.41) is 5.87. The SMILES string of the molecule is CC(=O)CCC(C(C)=O)N1Cc2c(OCc3ccc(CN4CCOCC4)cc3)cccc2C1=O.I.O=C1CCC(N2Cc3c(OCc4ccc(CN5CCOCC5)cc4)cccc3C2=O)C(=O)N1.O=C1CCC(N2Cc3c(OCc4ccc(CN5CCOCC5)cc4)cccc3C2=O)C(=O)[N-]1.[Y]. The molecule has 8 aliphatic heterocycles. The van der Waals surface area contributed by atoms with Gasteiger partial charge in [0.1, 0.15) is 48.9 Å². The Morgan fingerprint density at radius 2 is 0.863 bits per heavy atom. The number of imide groups is 2. The number of benzene rings is 6. The number of ether oxygens (including phenoxy) is 6. The van der Waals surface area contributed by atoms with E-state index in [2.05, 4.69) is 98.1 Å². The van der Waals surface area contributed by atoms with Crippen LogP contribution in [0.4, 0.5) is 0 Å². The van der Waals surface area contributed by atoms with Crippen LogP contribution < -0.4 is 19.5 Å². The van der Waals surface area contributed by atoms with E-state index in [1.807, 2.05) is 18.2 Å². The molecule has 102 heavy (non-hydrogen) atoms. The summed E-state index contributed by atoms with van der Waals surface area (Å²) in [5.74, 6) is -0.415. The standard InChI is InChI=1S/C27H32N2O5.2C25H27N3O5.HI.Y/c1-19(30)6-11-25(20(2)31)29-17-24-23(27(29)32)4-3-5-26(24)34-18-22-9-7-21(8-10-22)16-28-12-14-33-15-13-28;2*29-23-9-8-21(24(30)26-23)28-15-20-19(25(28)31)2-1-3-22(20)33-16-18-6-4-17(5-7-18)14-27-10-12-32-13-11-27;;/h3-5,7-10,25H,6,11-18H2,1-2H3;2*1-7,21H,8-16H2,(H,26,29,30);1H;/p-1. The Labute approximate surface area is 636 Å². The van der Waals surface area contributed by atoms with Crippen molar-refractivity contribution in [1.82, 2.24) is 34.7 Å². The number of Topliss-reactive ketones (excluding diaryl/α,β-unsaturated/α-hetero) is 2. The van der Waals surface area contributed by atoms with Crippen LogP contribution in [0.15, 0.2) is 127 Å². The first-order valence-electron chi connectivity index (χ1n) is 34.5. The van der Waals surface area contributed by atoms with Gasteiger partial charge in [-0.2, -0.15) is 0 Å². The van der Waals surface area contributed by atoms with Crippen LogP contribution in [-0.2, 0) is 135 Å². The number of piperidine rings is 2. The summed E-state index contributed by atoms with van der Waals surface area (Å²) in [6, 6.07) is 39.5. The summed E-state index contributed by atoms with van der Waals surface area (Å²) in [4.78, 5) is 122. The largest absolute Gasteiger partial charge is 0.594 e. The Hall–Kier alpha value is -7.66. The van der Waals surface area contributed by atoms with Crippen molar-refractivity contribution in [3.63, 3.8) is 0 Å². The molecule has 0 spiro atoms. The molecular weight excluding hydrogens is 1490 g/mol. The topological polar surface area (TPSA) is 255 Å². The number of morpholine rings is 3. The molecule has 25 heteroatoms. The van der Waals surface area contributed by atoms with Crippen LogP contribution in [0.5, 0.6) is 17.2 Å². The molecule has 0 aromatic heterocycles. The van der Waals surface area contributed by atoms with Crippen LogP contribution in [0, 0.1) is 0 Å². The third kappa shape index (κ3) is 19.6. The smallest absolute Gasteiger partial charge is 0.255 e. The molecule has 23 nitrogen and oxygen atoms in total. The second kappa shape index (κ2) is 36.7. The number of rotatable bonds is 22. The van der Waals surface area contributed by atoms with Gasteiger partial charge in [0.25, 0.3) is 17.7 Å². The molecule has 535 valence electrons. The molecular formula is C77H86IN8O15Y-. The minimum absolute atomic E-state index is 0. The zero-order valence-corrected chi connectivity index (χ0v) is 62.9. The molecule has 1 N–H and O–H groups in total. The van der Waals surface area contributed by atoms with E-state index in [4.69, 9.17) is 28.4 Å². The number of carbonyl (C=O) groups excluding carboxylic acids is 9. The van der Waals surface area contributed by atoms with Gasteiger partial charge in [-0.3, -0.25) is 48.8 Å². The first kappa shape index (κ1) is 77.0. The molecule has 0 bridgehead atoms. The fourth-order valence-corrected chi connectivity index (χ4v) is 13.7. The van der Waals surface area contributed by atoms with Gasteiger partial charge in [0.2, 0.25) is 11.8 Å². The second-order valence-corrected chi connectivity index (χ2v) is 26.4. The third-order valence-electron chi connectivity index (χ3n) is 19.4. The van der Waals surface area contributed by atoms with Crippen LogP contribution in [0.1, 0.15) is 134 Å². The zero-order valence-electron chi connectivity index (χ0n) is 57.7. The monoisotopic (exact) mass is 1580 g/mol. The molecule has 0 saturated carbocycles. The fraction of sp³-hybridized carbons (Fsp3) is 0.416. The van der Waals surface area contributed by atoms with E-state index < -0.39 is 35.8 Å². The summed E-state index contributed by atoms with van der Waals surface area (Å²) >= 11 is 0. The van der Waals surface area contributed by atoms with E-state index in [-0.39, 0.29) is 118 Å². The zero-order chi connectivity index (χ0) is 69.7. The van der Waals surface area contributed by atoms with Crippen LogP contribution in [0.3, 0.4) is 0 Å². The Morgan fingerprint density at radius 3 is 1.25 bits per heavy atom. The van der Waals surface area contributed by atoms with Gasteiger partial charge in [-0.25, -0.2) is 0 Å². The molecule has 1 radical (unpaired) electrons. The summed E-state index contributed by atoms with van der Waals surface area (Å²) in [7, 11) is 0. The average Bonchev–Trinajstić information content (AvgIpc) is 1.64. The van der Waals surface area contributed by atoms with Gasteiger partial charge in [-0.15, -0.1) is 24.0 Å². The van der Waals surface area contributed by atoms with Crippen molar-refractivity contribution < 1.29 is 104 Å². The summed E-state index contributed by atoms with van der Waals surface area (Å²) in [6.07, 6.45) is 1.70. The van der Waals surface area contributed by atoms with Crippen molar-refractivity contribution in [2.45, 2.75) is 130 Å². The maximum Gasteiger partial charge on any atom is 0.255 e. The molecule has 3 atom stereocenters. The van der Waals surface area contributed by atoms with Gasteiger partial charge in [0, 0.05) is 138 Å². The van der Waals surface area contributed by atoms with Crippen molar-refractivity contribution in [2.24, 2.45) is 0 Å². The molecule has 8 heterocycles. The molecule has 0 aliphatic carbocycles. The maximum absolute atomic E-state index is 13.0. The summed E-state index contributed by atoms with van der Waals surface area (Å²) in [6.45, 7) is 18.2. The quantitative estimate of drug-likeness (QED) is 0.0494. The number of hydrogen-bond acceptors (Lipinski definition) is 18. The summed E-state index contributed by atoms with van der Waals surface area (Å²) in [5.41, 5.74) is 10.9. The van der Waals surface area contributed by atoms with Crippen molar-refractivity contribution >= 4 is 76.9 Å². The number of carbonyl (C=O) groups is 9. The van der Waals surface area contributed by atoms with Gasteiger partial charge in [-0.1, -0.05) is 91.0 Å². The van der Waals surface area contributed by atoms with Crippen molar-refractivity contribution in [3.05, 3.63) is 199 Å².